The van der Waals surface area contributed by atoms with E-state index in [0.717, 1.165) is 11.1 Å². The summed E-state index contributed by atoms with van der Waals surface area (Å²) in [6, 6.07) is 16.2. The van der Waals surface area contributed by atoms with Gasteiger partial charge in [-0.25, -0.2) is 9.59 Å². The lowest BCUT2D eigenvalue weighted by atomic mass is 9.84. The molecule has 2 aromatic rings. The van der Waals surface area contributed by atoms with E-state index in [9.17, 15) is 14.7 Å². The van der Waals surface area contributed by atoms with Gasteiger partial charge in [0.1, 0.15) is 24.9 Å². The summed E-state index contributed by atoms with van der Waals surface area (Å²) in [5.41, 5.74) is 4.38. The number of benzene rings is 2. The number of rotatable bonds is 1. The molecule has 0 bridgehead atoms. The predicted molar refractivity (Wildman–Crippen MR) is 112 cm³/mol. The van der Waals surface area contributed by atoms with Crippen LogP contribution in [0.3, 0.4) is 0 Å². The normalized spacial score (nSPS) is 31.0. The summed E-state index contributed by atoms with van der Waals surface area (Å²) in [5, 5.41) is 9.48. The maximum atomic E-state index is 11.6. The summed E-state index contributed by atoms with van der Waals surface area (Å²) in [7, 11) is 0. The van der Waals surface area contributed by atoms with Crippen LogP contribution in [0.2, 0.25) is 0 Å². The number of ether oxygens (including phenoxy) is 3. The third-order valence-electron chi connectivity index (χ3n) is 7.25. The van der Waals surface area contributed by atoms with Crippen LogP contribution in [0.25, 0.3) is 0 Å². The van der Waals surface area contributed by atoms with Crippen molar-refractivity contribution in [3.8, 4) is 0 Å². The van der Waals surface area contributed by atoms with E-state index in [-0.39, 0.29) is 42.4 Å². The lowest BCUT2D eigenvalue weighted by Gasteiger charge is -2.34. The second-order valence-electron chi connectivity index (χ2n) is 8.82. The number of aliphatic hydroxyl groups is 1. The highest BCUT2D eigenvalue weighted by molar-refractivity contribution is 5.72. The van der Waals surface area contributed by atoms with Gasteiger partial charge in [0, 0.05) is 19.0 Å². The molecule has 2 unspecified atom stereocenters. The topological polar surface area (TPSA) is 91.8 Å². The standard InChI is InChI=1S/C12H11NO3.C12H13NO3/c14-11-13-5-8-3-1-2-4-9(8)12(7-16-12)10(13)6-15-11;14-6-10-9-4-2-1-3-8(9)5-13-11(10)7-16-12(13)15/h1-4,10H,5-7H2;1-4,10-11,14H,5-7H2/t10-,12?;10?,11-/m11/s1. The van der Waals surface area contributed by atoms with Gasteiger partial charge in [-0.1, -0.05) is 48.5 Å². The molecule has 7 rings (SSSR count). The molecule has 4 atom stereocenters. The molecule has 3 saturated heterocycles. The molecule has 0 aromatic heterocycles. The molecule has 2 aromatic carbocycles. The maximum absolute atomic E-state index is 11.6. The molecule has 0 radical (unpaired) electrons. The minimum absolute atomic E-state index is 0.00704. The highest BCUT2D eigenvalue weighted by atomic mass is 16.6. The zero-order valence-electron chi connectivity index (χ0n) is 17.5. The number of fused-ring (bicyclic) bond motifs is 6. The zero-order chi connectivity index (χ0) is 21.9. The van der Waals surface area contributed by atoms with Crippen LogP contribution < -0.4 is 0 Å². The van der Waals surface area contributed by atoms with Crippen LogP contribution in [0, 0.1) is 0 Å². The lowest BCUT2D eigenvalue weighted by molar-refractivity contribution is 0.133. The van der Waals surface area contributed by atoms with Crippen molar-refractivity contribution in [1.82, 2.24) is 9.80 Å². The Labute approximate surface area is 185 Å². The van der Waals surface area contributed by atoms with Crippen LogP contribution in [0.1, 0.15) is 28.2 Å². The highest BCUT2D eigenvalue weighted by Crippen LogP contribution is 2.50. The van der Waals surface area contributed by atoms with Gasteiger partial charge < -0.3 is 19.3 Å². The van der Waals surface area contributed by atoms with Crippen molar-refractivity contribution in [2.24, 2.45) is 0 Å². The summed E-state index contributed by atoms with van der Waals surface area (Å²) in [6.45, 7) is 2.82. The van der Waals surface area contributed by atoms with Crippen molar-refractivity contribution >= 4 is 12.2 Å². The molecule has 8 heteroatoms. The molecule has 5 aliphatic heterocycles. The first-order valence-corrected chi connectivity index (χ1v) is 10.9. The van der Waals surface area contributed by atoms with E-state index in [2.05, 4.69) is 12.1 Å². The summed E-state index contributed by atoms with van der Waals surface area (Å²) in [6.07, 6.45) is -0.479. The van der Waals surface area contributed by atoms with Crippen molar-refractivity contribution in [2.75, 3.05) is 26.4 Å². The molecule has 166 valence electrons. The first kappa shape index (κ1) is 19.6. The van der Waals surface area contributed by atoms with E-state index in [4.69, 9.17) is 14.2 Å². The van der Waals surface area contributed by atoms with Crippen molar-refractivity contribution in [2.45, 2.75) is 36.7 Å². The van der Waals surface area contributed by atoms with Crippen molar-refractivity contribution in [3.63, 3.8) is 0 Å². The number of hydrogen-bond acceptors (Lipinski definition) is 6. The Morgan fingerprint density at radius 3 is 2.34 bits per heavy atom. The number of nitrogens with zero attached hydrogens (tertiary/aromatic N) is 2. The fourth-order valence-electron chi connectivity index (χ4n) is 5.50. The summed E-state index contributed by atoms with van der Waals surface area (Å²) in [4.78, 5) is 26.6. The largest absolute Gasteiger partial charge is 0.447 e. The SMILES string of the molecule is O=C1OC[C@@H]2C(CO)c3ccccc3CN12.O=C1OC[C@H]2N1Cc1ccccc1C21CO1. The monoisotopic (exact) mass is 436 g/mol. The number of carbonyl (C=O) groups excluding carboxylic acids is 2. The van der Waals surface area contributed by atoms with E-state index < -0.39 is 0 Å². The van der Waals surface area contributed by atoms with E-state index in [1.54, 1.807) is 9.80 Å². The molecular formula is C24H24N2O6. The minimum Gasteiger partial charge on any atom is -0.447 e. The molecule has 5 heterocycles. The maximum Gasteiger partial charge on any atom is 0.410 e. The number of cyclic esters (lactones) is 2. The summed E-state index contributed by atoms with van der Waals surface area (Å²) >= 11 is 0. The molecular weight excluding hydrogens is 412 g/mol. The first-order valence-electron chi connectivity index (χ1n) is 10.9. The average molecular weight is 436 g/mol. The van der Waals surface area contributed by atoms with Gasteiger partial charge in [0.15, 0.2) is 0 Å². The third-order valence-corrected chi connectivity index (χ3v) is 7.25. The molecule has 0 aliphatic carbocycles. The van der Waals surface area contributed by atoms with Crippen LogP contribution in [0.5, 0.6) is 0 Å². The van der Waals surface area contributed by atoms with Crippen molar-refractivity contribution < 1.29 is 28.9 Å². The molecule has 32 heavy (non-hydrogen) atoms. The molecule has 2 amide bonds. The molecule has 1 spiro atoms. The van der Waals surface area contributed by atoms with Crippen molar-refractivity contribution in [3.05, 3.63) is 70.8 Å². The Morgan fingerprint density at radius 2 is 1.56 bits per heavy atom. The zero-order valence-corrected chi connectivity index (χ0v) is 17.5. The Bertz CT molecular complexity index is 1080. The van der Waals surface area contributed by atoms with Gasteiger partial charge in [0.25, 0.3) is 0 Å². The fraction of sp³-hybridized carbons (Fsp3) is 0.417. The second kappa shape index (κ2) is 7.21. The van der Waals surface area contributed by atoms with Crippen molar-refractivity contribution in [1.29, 1.82) is 0 Å². The predicted octanol–water partition coefficient (Wildman–Crippen LogP) is 2.34. The first-order chi connectivity index (χ1) is 15.6. The fourth-order valence-corrected chi connectivity index (χ4v) is 5.50. The Balaban J connectivity index is 0.000000122. The van der Waals surface area contributed by atoms with Crippen LogP contribution in [-0.4, -0.2) is 65.6 Å². The molecule has 3 fully saturated rings. The van der Waals surface area contributed by atoms with Gasteiger partial charge in [-0.05, 0) is 22.3 Å². The number of aliphatic hydroxyl groups excluding tert-OH is 1. The number of carbonyl (C=O) groups is 2. The van der Waals surface area contributed by atoms with Gasteiger partial charge in [-0.15, -0.1) is 0 Å². The molecule has 1 N–H and O–H groups in total. The number of hydrogen-bond donors (Lipinski definition) is 1. The Kier molecular flexibility index (Phi) is 4.41. The van der Waals surface area contributed by atoms with Gasteiger partial charge in [-0.2, -0.15) is 0 Å². The quantitative estimate of drug-likeness (QED) is 0.690. The van der Waals surface area contributed by atoms with Crippen LogP contribution >= 0.6 is 0 Å². The second-order valence-corrected chi connectivity index (χ2v) is 8.82. The molecule has 0 saturated carbocycles. The molecule has 8 nitrogen and oxygen atoms in total. The van der Waals surface area contributed by atoms with Crippen LogP contribution in [0.15, 0.2) is 48.5 Å². The lowest BCUT2D eigenvalue weighted by Crippen LogP contribution is -2.47. The number of amides is 2. The highest BCUT2D eigenvalue weighted by Gasteiger charge is 2.62. The van der Waals surface area contributed by atoms with Crippen LogP contribution in [-0.2, 0) is 32.9 Å². The van der Waals surface area contributed by atoms with Gasteiger partial charge in [-0.3, -0.25) is 9.80 Å². The van der Waals surface area contributed by atoms with Gasteiger partial charge in [0.2, 0.25) is 0 Å². The third kappa shape index (κ3) is 2.83. The van der Waals surface area contributed by atoms with E-state index in [1.165, 1.54) is 11.1 Å². The minimum atomic E-state index is -0.277. The average Bonchev–Trinajstić information content (AvgIpc) is 3.40. The van der Waals surface area contributed by atoms with Crippen LogP contribution in [0.4, 0.5) is 9.59 Å². The molecule has 5 aliphatic rings. The van der Waals surface area contributed by atoms with E-state index >= 15 is 0 Å². The Morgan fingerprint density at radius 1 is 0.906 bits per heavy atom. The Hall–Kier alpha value is -3.10. The van der Waals surface area contributed by atoms with Gasteiger partial charge in [0.05, 0.1) is 19.3 Å². The van der Waals surface area contributed by atoms with Gasteiger partial charge >= 0.3 is 12.2 Å². The summed E-state index contributed by atoms with van der Waals surface area (Å²) < 4.78 is 15.8. The van der Waals surface area contributed by atoms with E-state index in [1.807, 2.05) is 36.4 Å². The summed E-state index contributed by atoms with van der Waals surface area (Å²) in [5.74, 6) is -0.0172. The van der Waals surface area contributed by atoms with E-state index in [0.29, 0.717) is 32.9 Å². The smallest absolute Gasteiger partial charge is 0.410 e. The number of epoxide rings is 1.